The molecule has 6 nitrogen and oxygen atoms in total. The molecule has 0 fully saturated rings. The molecule has 0 radical (unpaired) electrons. The molecule has 0 heterocycles. The van der Waals surface area contributed by atoms with E-state index >= 15 is 0 Å². The number of rotatable bonds is 1. The minimum atomic E-state index is -4.09. The van der Waals surface area contributed by atoms with Crippen LogP contribution in [0.3, 0.4) is 0 Å². The van der Waals surface area contributed by atoms with Crippen molar-refractivity contribution in [3.05, 3.63) is 0 Å². The van der Waals surface area contributed by atoms with Crippen molar-refractivity contribution in [3.63, 3.8) is 0 Å². The van der Waals surface area contributed by atoms with Crippen molar-refractivity contribution in [3.8, 4) is 0 Å². The normalized spacial score (nSPS) is 10.3. The molecule has 0 saturated carbocycles. The molecule has 0 unspecified atom stereocenters. The Labute approximate surface area is 101 Å². The Balaban J connectivity index is -0.000000126. The molecule has 0 aromatic rings. The number of hydrogen-bond acceptors (Lipinski definition) is 4. The van der Waals surface area contributed by atoms with E-state index in [1.165, 1.54) is 0 Å². The molecule has 0 aromatic carbocycles. The average Bonchev–Trinajstić information content (AvgIpc) is 1.59. The van der Waals surface area contributed by atoms with Crippen LogP contribution in [0.1, 0.15) is 0 Å². The van der Waals surface area contributed by atoms with E-state index in [2.05, 4.69) is 24.1 Å². The fraction of sp³-hybridized carbons (Fsp3) is 0. The Kier molecular flexibility index (Phi) is 13.6. The first-order valence-corrected chi connectivity index (χ1v) is 10.1. The molecular weight excluding hydrogens is 415 g/mol. The van der Waals surface area contributed by atoms with Gasteiger partial charge in [-0.25, -0.2) is 0 Å². The van der Waals surface area contributed by atoms with Gasteiger partial charge in [0, 0.05) is 21.1 Å². The summed E-state index contributed by atoms with van der Waals surface area (Å²) in [6.07, 6.45) is 0. The van der Waals surface area contributed by atoms with Crippen molar-refractivity contribution in [1.82, 2.24) is 0 Å². The van der Waals surface area contributed by atoms with E-state index in [1.807, 2.05) is 0 Å². The van der Waals surface area contributed by atoms with E-state index in [1.54, 1.807) is 0 Å². The van der Waals surface area contributed by atoms with Gasteiger partial charge in [-0.05, 0) is 11.8 Å². The molecule has 0 atom stereocenters. The van der Waals surface area contributed by atoms with E-state index in [0.717, 1.165) is 0 Å². The van der Waals surface area contributed by atoms with Crippen LogP contribution in [0.4, 0.5) is 0 Å². The summed E-state index contributed by atoms with van der Waals surface area (Å²) in [5.41, 5.74) is -3.11. The minimum absolute atomic E-state index is 0. The molecule has 0 aliphatic carbocycles. The molecule has 0 bridgehead atoms. The molecule has 12 heavy (non-hydrogen) atoms. The van der Waals surface area contributed by atoms with Gasteiger partial charge in [-0.3, -0.25) is 0 Å². The summed E-state index contributed by atoms with van der Waals surface area (Å²) in [6.45, 7) is 0. The molecule has 3 N–H and O–H groups in total. The van der Waals surface area contributed by atoms with Crippen molar-refractivity contribution < 1.29 is 64.5 Å². The molecule has 0 aliphatic heterocycles. The van der Waals surface area contributed by atoms with Crippen LogP contribution in [-0.4, -0.2) is 22.8 Å². The third-order valence-electron chi connectivity index (χ3n) is 0.0860. The summed E-state index contributed by atoms with van der Waals surface area (Å²) in [7, 11) is -4.09. The van der Waals surface area contributed by atoms with Crippen LogP contribution in [0, 0.1) is 0 Å². The monoisotopic (exact) mass is 423 g/mol. The third-order valence-corrected chi connectivity index (χ3v) is 1.53. The maximum atomic E-state index is 9.30. The molecular formula is H4Mo2O6PS3. The Morgan fingerprint density at radius 2 is 1.50 bits per heavy atom. The standard InChI is InChI=1S/2Mo.HO3S.H3O2PS2.O/c;;1-4(2)3;1-3(2,4)5;/h;;(H,1,2,3);(H3,1,2,4,5);. The van der Waals surface area contributed by atoms with Gasteiger partial charge in [0.2, 0.25) is 5.69 Å². The van der Waals surface area contributed by atoms with Crippen molar-refractivity contribution in [1.29, 1.82) is 0 Å². The summed E-state index contributed by atoms with van der Waals surface area (Å²) < 4.78 is 35.4. The second kappa shape index (κ2) is 8.33. The quantitative estimate of drug-likeness (QED) is 0.193. The Hall–Kier alpha value is 2.01. The van der Waals surface area contributed by atoms with Gasteiger partial charge in [0.25, 0.3) is 0 Å². The maximum absolute atomic E-state index is 9.30. The zero-order chi connectivity index (χ0) is 9.71. The van der Waals surface area contributed by atoms with Crippen LogP contribution >= 0.6 is 17.9 Å². The fourth-order valence-electron chi connectivity index (χ4n) is 0. The van der Waals surface area contributed by atoms with Gasteiger partial charge >= 0.3 is 41.4 Å². The molecule has 75 valence electrons. The molecule has 0 aliphatic rings. The predicted molar refractivity (Wildman–Crippen MR) is 39.9 cm³/mol. The number of thiol groups is 1. The topological polar surface area (TPSA) is 112 Å². The first kappa shape index (κ1) is 19.6. The summed E-state index contributed by atoms with van der Waals surface area (Å²) in [6, 6.07) is 0. The van der Waals surface area contributed by atoms with E-state index in [9.17, 15) is 11.8 Å². The molecule has 0 rings (SSSR count). The summed E-state index contributed by atoms with van der Waals surface area (Å²) in [4.78, 5) is 15.7. The zero-order valence-corrected chi connectivity index (χ0v) is 12.5. The molecule has 0 saturated heterocycles. The SMILES string of the molecule is OP(O)(=S)S.[Mo].[O]=[Mo][S](=O)(=O)O. The van der Waals surface area contributed by atoms with E-state index in [4.69, 9.17) is 14.3 Å². The van der Waals surface area contributed by atoms with Gasteiger partial charge in [-0.1, -0.05) is 12.2 Å². The predicted octanol–water partition coefficient (Wildman–Crippen LogP) is -0.660. The van der Waals surface area contributed by atoms with Crippen molar-refractivity contribution >= 4 is 37.6 Å². The molecule has 0 amide bonds. The zero-order valence-electron chi connectivity index (χ0n) is 5.09. The van der Waals surface area contributed by atoms with Crippen molar-refractivity contribution in [2.45, 2.75) is 0 Å². The second-order valence-corrected chi connectivity index (χ2v) is 11.1. The molecule has 0 spiro atoms. The summed E-state index contributed by atoms with van der Waals surface area (Å²) in [5.74, 6) is 0. The Bertz CT molecular complexity index is 230. The summed E-state index contributed by atoms with van der Waals surface area (Å²) >= 11 is 4.67. The Morgan fingerprint density at radius 3 is 1.50 bits per heavy atom. The van der Waals surface area contributed by atoms with Gasteiger partial charge in [-0.15, -0.1) is 0 Å². The summed E-state index contributed by atoms with van der Waals surface area (Å²) in [5, 5.41) is 0. The third kappa shape index (κ3) is 58.0. The van der Waals surface area contributed by atoms with Crippen LogP contribution < -0.4 is 0 Å². The van der Waals surface area contributed by atoms with E-state index < -0.39 is 30.8 Å². The van der Waals surface area contributed by atoms with E-state index in [0.29, 0.717) is 0 Å². The van der Waals surface area contributed by atoms with Crippen LogP contribution in [0.2, 0.25) is 0 Å². The van der Waals surface area contributed by atoms with Crippen LogP contribution in [0.25, 0.3) is 0 Å². The van der Waals surface area contributed by atoms with Gasteiger partial charge in [0.15, 0.2) is 0 Å². The van der Waals surface area contributed by atoms with Crippen molar-refractivity contribution in [2.75, 3.05) is 0 Å². The molecule has 0 aromatic heterocycles. The van der Waals surface area contributed by atoms with Crippen LogP contribution in [-0.2, 0) is 61.3 Å². The fourth-order valence-corrected chi connectivity index (χ4v) is 0. The van der Waals surface area contributed by atoms with Gasteiger partial charge in [-0.2, -0.15) is 0 Å². The number of hydrogen-bond donors (Lipinski definition) is 4. The second-order valence-electron chi connectivity index (χ2n) is 1.01. The van der Waals surface area contributed by atoms with Gasteiger partial charge < -0.3 is 9.79 Å². The molecule has 12 heteroatoms. The van der Waals surface area contributed by atoms with Gasteiger partial charge in [0.05, 0.1) is 0 Å². The van der Waals surface area contributed by atoms with E-state index in [-0.39, 0.29) is 21.1 Å². The Morgan fingerprint density at radius 1 is 1.42 bits per heavy atom. The van der Waals surface area contributed by atoms with Crippen LogP contribution in [0.15, 0.2) is 0 Å². The first-order chi connectivity index (χ1) is 4.56. The first-order valence-electron chi connectivity index (χ1n) is 1.63. The van der Waals surface area contributed by atoms with Crippen LogP contribution in [0.5, 0.6) is 0 Å². The average molecular weight is 419 g/mol. The van der Waals surface area contributed by atoms with Gasteiger partial charge in [0.1, 0.15) is 0 Å². The van der Waals surface area contributed by atoms with Crippen molar-refractivity contribution in [2.24, 2.45) is 0 Å².